The lowest BCUT2D eigenvalue weighted by molar-refractivity contribution is -0.0136. The van der Waals surface area contributed by atoms with Crippen molar-refractivity contribution in [1.82, 2.24) is 4.90 Å². The van der Waals surface area contributed by atoms with Crippen LogP contribution in [0.3, 0.4) is 0 Å². The summed E-state index contributed by atoms with van der Waals surface area (Å²) in [5.41, 5.74) is 0. The topological polar surface area (TPSA) is 51.2 Å². The summed E-state index contributed by atoms with van der Waals surface area (Å²) < 4.78 is 15.4. The molecular formula is C12H27NO4. The van der Waals surface area contributed by atoms with Crippen LogP contribution in [0.15, 0.2) is 0 Å². The second-order valence-electron chi connectivity index (χ2n) is 4.32. The first-order valence-corrected chi connectivity index (χ1v) is 6.10. The third-order valence-corrected chi connectivity index (χ3v) is 2.31. The number of nitrogens with zero attached hydrogens (tertiary/aromatic N) is 1. The Labute approximate surface area is 105 Å². The highest BCUT2D eigenvalue weighted by Gasteiger charge is 2.12. The van der Waals surface area contributed by atoms with Crippen molar-refractivity contribution in [2.24, 2.45) is 0 Å². The Hall–Kier alpha value is -0.200. The van der Waals surface area contributed by atoms with E-state index in [1.165, 1.54) is 0 Å². The third-order valence-electron chi connectivity index (χ3n) is 2.31. The number of methoxy groups -OCH3 is 2. The van der Waals surface area contributed by atoms with Gasteiger partial charge in [-0.2, -0.15) is 0 Å². The van der Waals surface area contributed by atoms with Crippen molar-refractivity contribution in [2.45, 2.75) is 26.1 Å². The summed E-state index contributed by atoms with van der Waals surface area (Å²) in [5, 5.41) is 9.82. The zero-order valence-electron chi connectivity index (χ0n) is 11.5. The summed E-state index contributed by atoms with van der Waals surface area (Å²) in [6, 6.07) is 0. The van der Waals surface area contributed by atoms with Gasteiger partial charge < -0.3 is 19.3 Å². The number of aliphatic hydroxyl groups is 1. The first-order valence-electron chi connectivity index (χ1n) is 6.10. The van der Waals surface area contributed by atoms with Crippen LogP contribution in [0.4, 0.5) is 0 Å². The van der Waals surface area contributed by atoms with Crippen molar-refractivity contribution in [3.8, 4) is 0 Å². The Bertz CT molecular complexity index is 159. The maximum atomic E-state index is 9.82. The highest BCUT2D eigenvalue weighted by molar-refractivity contribution is 4.64. The molecule has 5 heteroatoms. The van der Waals surface area contributed by atoms with E-state index in [1.807, 2.05) is 13.8 Å². The van der Waals surface area contributed by atoms with Crippen LogP contribution >= 0.6 is 0 Å². The highest BCUT2D eigenvalue weighted by Crippen LogP contribution is 1.97. The molecule has 0 aromatic carbocycles. The van der Waals surface area contributed by atoms with E-state index in [1.54, 1.807) is 14.2 Å². The monoisotopic (exact) mass is 249 g/mol. The molecule has 1 N–H and O–H groups in total. The predicted octanol–water partition coefficient (Wildman–Crippen LogP) is 0.367. The van der Waals surface area contributed by atoms with Gasteiger partial charge in [-0.3, -0.25) is 4.90 Å². The molecule has 0 aliphatic rings. The van der Waals surface area contributed by atoms with Crippen LogP contribution in [0.1, 0.15) is 13.8 Å². The lowest BCUT2D eigenvalue weighted by atomic mass is 10.3. The predicted molar refractivity (Wildman–Crippen MR) is 67.3 cm³/mol. The van der Waals surface area contributed by atoms with Gasteiger partial charge in [0.15, 0.2) is 0 Å². The Balaban J connectivity index is 3.84. The van der Waals surface area contributed by atoms with E-state index in [4.69, 9.17) is 14.2 Å². The number of hydrogen-bond acceptors (Lipinski definition) is 5. The van der Waals surface area contributed by atoms with Gasteiger partial charge in [0.1, 0.15) is 0 Å². The van der Waals surface area contributed by atoms with E-state index in [0.717, 1.165) is 13.1 Å². The smallest absolute Gasteiger partial charge is 0.0900 e. The molecule has 0 saturated heterocycles. The van der Waals surface area contributed by atoms with Crippen molar-refractivity contribution in [1.29, 1.82) is 0 Å². The van der Waals surface area contributed by atoms with Crippen molar-refractivity contribution in [3.05, 3.63) is 0 Å². The Morgan fingerprint density at radius 2 is 1.59 bits per heavy atom. The highest BCUT2D eigenvalue weighted by atomic mass is 16.5. The quantitative estimate of drug-likeness (QED) is 0.573. The number of hydrogen-bond donors (Lipinski definition) is 1. The van der Waals surface area contributed by atoms with Crippen molar-refractivity contribution < 1.29 is 19.3 Å². The molecule has 0 aliphatic heterocycles. The lowest BCUT2D eigenvalue weighted by Gasteiger charge is -2.24. The Kier molecular flexibility index (Phi) is 10.8. The maximum Gasteiger partial charge on any atom is 0.0900 e. The lowest BCUT2D eigenvalue weighted by Crippen LogP contribution is -2.39. The summed E-state index contributed by atoms with van der Waals surface area (Å²) in [4.78, 5) is 2.11. The van der Waals surface area contributed by atoms with Gasteiger partial charge in [0.05, 0.1) is 32.0 Å². The zero-order chi connectivity index (χ0) is 13.1. The van der Waals surface area contributed by atoms with Crippen molar-refractivity contribution in [2.75, 3.05) is 53.7 Å². The largest absolute Gasteiger partial charge is 0.389 e. The van der Waals surface area contributed by atoms with Gasteiger partial charge in [0, 0.05) is 33.9 Å². The van der Waals surface area contributed by atoms with E-state index < -0.39 is 6.10 Å². The molecule has 0 radical (unpaired) electrons. The van der Waals surface area contributed by atoms with E-state index in [0.29, 0.717) is 26.4 Å². The van der Waals surface area contributed by atoms with Gasteiger partial charge in [-0.15, -0.1) is 0 Å². The van der Waals surface area contributed by atoms with E-state index in [2.05, 4.69) is 4.90 Å². The molecule has 104 valence electrons. The Morgan fingerprint density at radius 3 is 2.00 bits per heavy atom. The third kappa shape index (κ3) is 10.7. The van der Waals surface area contributed by atoms with Gasteiger partial charge in [0.2, 0.25) is 0 Å². The van der Waals surface area contributed by atoms with Crippen molar-refractivity contribution >= 4 is 0 Å². The second kappa shape index (κ2) is 10.9. The van der Waals surface area contributed by atoms with E-state index in [9.17, 15) is 5.11 Å². The van der Waals surface area contributed by atoms with Gasteiger partial charge in [-0.25, -0.2) is 0 Å². The fourth-order valence-corrected chi connectivity index (χ4v) is 1.39. The van der Waals surface area contributed by atoms with Gasteiger partial charge in [0.25, 0.3) is 0 Å². The molecule has 17 heavy (non-hydrogen) atoms. The molecular weight excluding hydrogens is 222 g/mol. The molecule has 0 spiro atoms. The molecule has 0 amide bonds. The minimum absolute atomic E-state index is 0.149. The van der Waals surface area contributed by atoms with Crippen LogP contribution in [-0.4, -0.2) is 75.9 Å². The normalized spacial score (nSPS) is 13.6. The fourth-order valence-electron chi connectivity index (χ4n) is 1.39. The molecule has 0 heterocycles. The fraction of sp³-hybridized carbons (Fsp3) is 1.00. The summed E-state index contributed by atoms with van der Waals surface area (Å²) >= 11 is 0. The minimum atomic E-state index is -0.467. The molecule has 5 nitrogen and oxygen atoms in total. The maximum absolute atomic E-state index is 9.82. The summed E-state index contributed by atoms with van der Waals surface area (Å²) in [6.45, 7) is 7.76. The first kappa shape index (κ1) is 16.8. The van der Waals surface area contributed by atoms with Crippen molar-refractivity contribution in [3.63, 3.8) is 0 Å². The van der Waals surface area contributed by atoms with Crippen LogP contribution in [0.25, 0.3) is 0 Å². The standard InChI is InChI=1S/C12H27NO4/c1-11(2)17-10-12(14)9-13(5-7-15-3)6-8-16-4/h11-12,14H,5-10H2,1-4H3/t12-/m0/s1. The van der Waals surface area contributed by atoms with Gasteiger partial charge >= 0.3 is 0 Å². The molecule has 0 fully saturated rings. The molecule has 0 unspecified atom stereocenters. The SMILES string of the molecule is COCCN(CCOC)C[C@H](O)COC(C)C. The molecule has 0 aliphatic carbocycles. The molecule has 0 rings (SSSR count). The number of aliphatic hydroxyl groups excluding tert-OH is 1. The molecule has 0 bridgehead atoms. The molecule has 0 aromatic heterocycles. The van der Waals surface area contributed by atoms with Gasteiger partial charge in [-0.1, -0.05) is 0 Å². The average Bonchev–Trinajstić information content (AvgIpc) is 2.30. The van der Waals surface area contributed by atoms with Crippen LogP contribution in [0.2, 0.25) is 0 Å². The summed E-state index contributed by atoms with van der Waals surface area (Å²) in [5.74, 6) is 0. The van der Waals surface area contributed by atoms with Crippen LogP contribution < -0.4 is 0 Å². The molecule has 0 aromatic rings. The van der Waals surface area contributed by atoms with Gasteiger partial charge in [-0.05, 0) is 13.8 Å². The molecule has 0 saturated carbocycles. The molecule has 1 atom stereocenters. The Morgan fingerprint density at radius 1 is 1.06 bits per heavy atom. The second-order valence-corrected chi connectivity index (χ2v) is 4.32. The zero-order valence-corrected chi connectivity index (χ0v) is 11.5. The van der Waals surface area contributed by atoms with E-state index >= 15 is 0 Å². The number of ether oxygens (including phenoxy) is 3. The average molecular weight is 249 g/mol. The first-order chi connectivity index (χ1) is 8.10. The number of rotatable bonds is 11. The van der Waals surface area contributed by atoms with Crippen LogP contribution in [-0.2, 0) is 14.2 Å². The minimum Gasteiger partial charge on any atom is -0.389 e. The summed E-state index contributed by atoms with van der Waals surface area (Å²) in [7, 11) is 3.35. The summed E-state index contributed by atoms with van der Waals surface area (Å²) in [6.07, 6.45) is -0.317. The van der Waals surface area contributed by atoms with Crippen LogP contribution in [0, 0.1) is 0 Å². The van der Waals surface area contributed by atoms with E-state index in [-0.39, 0.29) is 6.10 Å². The van der Waals surface area contributed by atoms with Crippen LogP contribution in [0.5, 0.6) is 0 Å².